The zero-order valence-corrected chi connectivity index (χ0v) is 14.3. The van der Waals surface area contributed by atoms with E-state index in [0.717, 1.165) is 56.3 Å². The van der Waals surface area contributed by atoms with E-state index in [1.165, 1.54) is 6.42 Å². The molecule has 2 unspecified atom stereocenters. The Morgan fingerprint density at radius 3 is 2.56 bits per heavy atom. The van der Waals surface area contributed by atoms with Gasteiger partial charge in [-0.1, -0.05) is 0 Å². The number of hydrogen-bond donors (Lipinski definition) is 1. The topological polar surface area (TPSA) is 79.0 Å². The summed E-state index contributed by atoms with van der Waals surface area (Å²) in [6, 6.07) is 4.20. The Morgan fingerprint density at radius 2 is 1.88 bits per heavy atom. The second-order valence-corrected chi connectivity index (χ2v) is 7.34. The predicted molar refractivity (Wildman–Crippen MR) is 91.8 cm³/mol. The predicted octanol–water partition coefficient (Wildman–Crippen LogP) is 0.274. The monoisotopic (exact) mass is 344 g/mol. The molecule has 0 radical (unpaired) electrons. The summed E-state index contributed by atoms with van der Waals surface area (Å²) in [5.41, 5.74) is 0.821. The fourth-order valence-corrected chi connectivity index (χ4v) is 4.13. The first-order valence-corrected chi connectivity index (χ1v) is 9.27. The van der Waals surface area contributed by atoms with Crippen molar-refractivity contribution >= 4 is 11.5 Å². The Labute approximate surface area is 146 Å². The zero-order chi connectivity index (χ0) is 16.8. The van der Waals surface area contributed by atoms with Gasteiger partial charge in [-0.3, -0.25) is 4.90 Å². The highest BCUT2D eigenvalue weighted by molar-refractivity contribution is 5.47. The smallest absolute Gasteiger partial charge is 0.178 e. The van der Waals surface area contributed by atoms with Crippen molar-refractivity contribution in [3.63, 3.8) is 0 Å². The molecule has 134 valence electrons. The second kappa shape index (κ2) is 6.19. The van der Waals surface area contributed by atoms with Crippen LogP contribution in [0.1, 0.15) is 31.0 Å². The number of aliphatic hydroxyl groups excluding tert-OH is 1. The Balaban J connectivity index is 1.33. The van der Waals surface area contributed by atoms with Gasteiger partial charge in [-0.2, -0.15) is 4.52 Å². The van der Waals surface area contributed by atoms with Crippen LogP contribution in [0.5, 0.6) is 0 Å². The van der Waals surface area contributed by atoms with E-state index in [1.54, 1.807) is 0 Å². The molecule has 0 amide bonds. The van der Waals surface area contributed by atoms with Crippen molar-refractivity contribution in [3.05, 3.63) is 18.0 Å². The maximum absolute atomic E-state index is 10.0. The largest absolute Gasteiger partial charge is 0.389 e. The van der Waals surface area contributed by atoms with E-state index in [2.05, 4.69) is 20.0 Å². The first-order chi connectivity index (χ1) is 12.3. The maximum Gasteiger partial charge on any atom is 0.178 e. The summed E-state index contributed by atoms with van der Waals surface area (Å²) in [6.45, 7) is 5.18. The normalized spacial score (nSPS) is 28.6. The van der Waals surface area contributed by atoms with Gasteiger partial charge in [0.05, 0.1) is 25.4 Å². The number of aromatic nitrogens is 4. The van der Waals surface area contributed by atoms with Crippen molar-refractivity contribution in [3.8, 4) is 0 Å². The van der Waals surface area contributed by atoms with Crippen LogP contribution in [0.25, 0.3) is 5.65 Å². The van der Waals surface area contributed by atoms with E-state index in [0.29, 0.717) is 19.1 Å². The Morgan fingerprint density at radius 1 is 1.04 bits per heavy atom. The van der Waals surface area contributed by atoms with Gasteiger partial charge in [-0.25, -0.2) is 0 Å². The molecule has 0 aliphatic carbocycles. The van der Waals surface area contributed by atoms with Crippen LogP contribution < -0.4 is 4.90 Å². The fourth-order valence-electron chi connectivity index (χ4n) is 4.13. The van der Waals surface area contributed by atoms with Gasteiger partial charge in [-0.15, -0.1) is 15.3 Å². The van der Waals surface area contributed by atoms with Crippen LogP contribution in [-0.2, 0) is 4.74 Å². The van der Waals surface area contributed by atoms with Gasteiger partial charge in [-0.05, 0) is 44.5 Å². The van der Waals surface area contributed by atoms with Crippen molar-refractivity contribution in [1.82, 2.24) is 24.7 Å². The molecule has 3 aliphatic heterocycles. The highest BCUT2D eigenvalue weighted by Crippen LogP contribution is 2.29. The van der Waals surface area contributed by atoms with Crippen LogP contribution in [0.3, 0.4) is 0 Å². The molecule has 2 aromatic heterocycles. The van der Waals surface area contributed by atoms with E-state index in [-0.39, 0.29) is 12.1 Å². The highest BCUT2D eigenvalue weighted by Gasteiger charge is 2.35. The quantitative estimate of drug-likeness (QED) is 0.856. The zero-order valence-electron chi connectivity index (χ0n) is 14.3. The minimum absolute atomic E-state index is 0.146. The third-order valence-corrected chi connectivity index (χ3v) is 5.84. The summed E-state index contributed by atoms with van der Waals surface area (Å²) in [4.78, 5) is 4.64. The van der Waals surface area contributed by atoms with Crippen molar-refractivity contribution in [1.29, 1.82) is 0 Å². The summed E-state index contributed by atoms with van der Waals surface area (Å²) in [7, 11) is 0. The Hall–Kier alpha value is -1.77. The van der Waals surface area contributed by atoms with Crippen molar-refractivity contribution in [2.24, 2.45) is 0 Å². The Bertz CT molecular complexity index is 753. The van der Waals surface area contributed by atoms with Gasteiger partial charge in [0.25, 0.3) is 0 Å². The van der Waals surface area contributed by atoms with Crippen LogP contribution in [0.15, 0.2) is 12.1 Å². The molecule has 2 atom stereocenters. The summed E-state index contributed by atoms with van der Waals surface area (Å²) in [6.07, 6.45) is 2.91. The summed E-state index contributed by atoms with van der Waals surface area (Å²) < 4.78 is 7.33. The lowest BCUT2D eigenvalue weighted by atomic mass is 9.94. The highest BCUT2D eigenvalue weighted by atomic mass is 16.5. The van der Waals surface area contributed by atoms with E-state index in [1.807, 2.05) is 16.6 Å². The van der Waals surface area contributed by atoms with Gasteiger partial charge in [0.2, 0.25) is 0 Å². The van der Waals surface area contributed by atoms with Gasteiger partial charge in [0.1, 0.15) is 5.82 Å². The molecule has 3 aliphatic rings. The second-order valence-electron chi connectivity index (χ2n) is 7.34. The first-order valence-electron chi connectivity index (χ1n) is 9.27. The lowest BCUT2D eigenvalue weighted by Crippen LogP contribution is -2.46. The third-order valence-electron chi connectivity index (χ3n) is 5.84. The molecule has 2 aromatic rings. The molecule has 5 rings (SSSR count). The molecule has 0 spiro atoms. The SMILES string of the molecule is OC1COCC1N1CCC(c2nnc3ccc(N4CCC4)nn23)CC1. The van der Waals surface area contributed by atoms with E-state index in [4.69, 9.17) is 9.84 Å². The van der Waals surface area contributed by atoms with Crippen LogP contribution in [0, 0.1) is 0 Å². The summed E-state index contributed by atoms with van der Waals surface area (Å²) >= 11 is 0. The minimum Gasteiger partial charge on any atom is -0.389 e. The van der Waals surface area contributed by atoms with E-state index >= 15 is 0 Å². The first kappa shape index (κ1) is 15.5. The molecule has 3 saturated heterocycles. The molecule has 1 N–H and O–H groups in total. The number of anilines is 1. The number of aliphatic hydroxyl groups is 1. The number of hydrogen-bond acceptors (Lipinski definition) is 7. The number of nitrogens with zero attached hydrogens (tertiary/aromatic N) is 6. The molecular weight excluding hydrogens is 320 g/mol. The molecule has 5 heterocycles. The number of piperidine rings is 1. The Kier molecular flexibility index (Phi) is 3.83. The molecule has 8 nitrogen and oxygen atoms in total. The van der Waals surface area contributed by atoms with Crippen LogP contribution in [0.4, 0.5) is 5.82 Å². The van der Waals surface area contributed by atoms with Crippen LogP contribution >= 0.6 is 0 Å². The molecular formula is C17H24N6O2. The lowest BCUT2D eigenvalue weighted by molar-refractivity contribution is 0.0655. The van der Waals surface area contributed by atoms with Gasteiger partial charge in [0, 0.05) is 19.0 Å². The standard InChI is InChI=1S/C17H24N6O2/c24-14-11-25-10-13(14)21-8-4-12(5-9-21)17-19-18-15-2-3-16(20-23(15)17)22-6-1-7-22/h2-3,12-14,24H,1,4-11H2. The van der Waals surface area contributed by atoms with Crippen LogP contribution in [-0.4, -0.2) is 81.4 Å². The number of rotatable bonds is 3. The van der Waals surface area contributed by atoms with Gasteiger partial charge in [0.15, 0.2) is 11.5 Å². The van der Waals surface area contributed by atoms with Crippen molar-refractivity contribution in [2.45, 2.75) is 37.3 Å². The molecule has 0 bridgehead atoms. The molecule has 0 aromatic carbocycles. The maximum atomic E-state index is 10.0. The summed E-state index contributed by atoms with van der Waals surface area (Å²) in [5, 5.41) is 23.6. The number of fused-ring (bicyclic) bond motifs is 1. The van der Waals surface area contributed by atoms with E-state index in [9.17, 15) is 5.11 Å². The van der Waals surface area contributed by atoms with Crippen molar-refractivity contribution < 1.29 is 9.84 Å². The fraction of sp³-hybridized carbons (Fsp3) is 0.706. The molecule has 25 heavy (non-hydrogen) atoms. The number of likely N-dealkylation sites (tertiary alicyclic amines) is 1. The van der Waals surface area contributed by atoms with Crippen molar-refractivity contribution in [2.75, 3.05) is 44.3 Å². The average molecular weight is 344 g/mol. The van der Waals surface area contributed by atoms with E-state index < -0.39 is 0 Å². The lowest BCUT2D eigenvalue weighted by Gasteiger charge is -2.35. The molecule has 8 heteroatoms. The van der Waals surface area contributed by atoms with Gasteiger partial charge < -0.3 is 14.7 Å². The minimum atomic E-state index is -0.355. The van der Waals surface area contributed by atoms with Gasteiger partial charge >= 0.3 is 0 Å². The third kappa shape index (κ3) is 2.68. The summed E-state index contributed by atoms with van der Waals surface area (Å²) in [5.74, 6) is 2.36. The number of ether oxygens (including phenoxy) is 1. The van der Waals surface area contributed by atoms with Crippen LogP contribution in [0.2, 0.25) is 0 Å². The average Bonchev–Trinajstić information content (AvgIpc) is 3.19. The molecule has 3 fully saturated rings. The molecule has 0 saturated carbocycles.